The SMILES string of the molecule is COc1ccc(COC(=O)NCCCC(CSC(C)=O)C(=O)N[C@@H](Cc2ccccc2)C(=O)OC(C)(C)C)cc1. The number of esters is 1. The Kier molecular flexibility index (Phi) is 13.5. The summed E-state index contributed by atoms with van der Waals surface area (Å²) >= 11 is 1.05. The first-order chi connectivity index (χ1) is 19.0. The van der Waals surface area contributed by atoms with Gasteiger partial charge < -0.3 is 24.8 Å². The first kappa shape index (κ1) is 32.7. The molecule has 0 aliphatic rings. The van der Waals surface area contributed by atoms with Crippen molar-refractivity contribution in [1.29, 1.82) is 0 Å². The fourth-order valence-electron chi connectivity index (χ4n) is 3.67. The molecule has 2 rings (SSSR count). The fourth-order valence-corrected chi connectivity index (χ4v) is 4.43. The van der Waals surface area contributed by atoms with Crippen LogP contribution in [-0.4, -0.2) is 54.1 Å². The number of ether oxygens (including phenoxy) is 3. The molecule has 0 aromatic heterocycles. The second kappa shape index (κ2) is 16.5. The molecule has 0 fully saturated rings. The summed E-state index contributed by atoms with van der Waals surface area (Å²) in [4.78, 5) is 50.0. The van der Waals surface area contributed by atoms with E-state index in [1.165, 1.54) is 6.92 Å². The number of alkyl carbamates (subject to hydrolysis) is 1. The van der Waals surface area contributed by atoms with Gasteiger partial charge in [0, 0.05) is 31.6 Å². The van der Waals surface area contributed by atoms with Crippen molar-refractivity contribution in [2.75, 3.05) is 19.4 Å². The Morgan fingerprint density at radius 1 is 0.950 bits per heavy atom. The highest BCUT2D eigenvalue weighted by Crippen LogP contribution is 2.18. The van der Waals surface area contributed by atoms with E-state index >= 15 is 0 Å². The molecular weight excluding hydrogens is 532 g/mol. The van der Waals surface area contributed by atoms with Gasteiger partial charge in [-0.15, -0.1) is 0 Å². The summed E-state index contributed by atoms with van der Waals surface area (Å²) in [6, 6.07) is 15.7. The number of hydrogen-bond acceptors (Lipinski definition) is 8. The number of thioether (sulfide) groups is 1. The molecule has 0 bridgehead atoms. The average molecular weight is 573 g/mol. The third-order valence-electron chi connectivity index (χ3n) is 5.68. The predicted molar refractivity (Wildman–Crippen MR) is 155 cm³/mol. The summed E-state index contributed by atoms with van der Waals surface area (Å²) < 4.78 is 15.9. The second-order valence-corrected chi connectivity index (χ2v) is 11.5. The minimum Gasteiger partial charge on any atom is -0.497 e. The average Bonchev–Trinajstić information content (AvgIpc) is 2.90. The third kappa shape index (κ3) is 13.0. The summed E-state index contributed by atoms with van der Waals surface area (Å²) in [7, 11) is 1.58. The van der Waals surface area contributed by atoms with Gasteiger partial charge >= 0.3 is 12.1 Å². The van der Waals surface area contributed by atoms with Crippen LogP contribution < -0.4 is 15.4 Å². The van der Waals surface area contributed by atoms with E-state index < -0.39 is 29.6 Å². The van der Waals surface area contributed by atoms with Crippen LogP contribution in [0.5, 0.6) is 5.75 Å². The van der Waals surface area contributed by atoms with Gasteiger partial charge in [-0.1, -0.05) is 54.2 Å². The highest BCUT2D eigenvalue weighted by molar-refractivity contribution is 8.13. The van der Waals surface area contributed by atoms with Gasteiger partial charge in [0.05, 0.1) is 7.11 Å². The van der Waals surface area contributed by atoms with Crippen LogP contribution >= 0.6 is 11.8 Å². The summed E-state index contributed by atoms with van der Waals surface area (Å²) in [5.74, 6) is -0.444. The second-order valence-electron chi connectivity index (χ2n) is 10.3. The number of nitrogens with one attached hydrogen (secondary N) is 2. The molecular formula is C30H40N2O7S. The highest BCUT2D eigenvalue weighted by Gasteiger charge is 2.29. The Morgan fingerprint density at radius 2 is 1.62 bits per heavy atom. The number of rotatable bonds is 14. The molecule has 218 valence electrons. The quantitative estimate of drug-likeness (QED) is 0.248. The maximum Gasteiger partial charge on any atom is 0.407 e. The summed E-state index contributed by atoms with van der Waals surface area (Å²) in [6.45, 7) is 7.16. The zero-order chi connectivity index (χ0) is 29.5. The Hall–Kier alpha value is -3.53. The van der Waals surface area contributed by atoms with Crippen molar-refractivity contribution >= 4 is 34.8 Å². The molecule has 2 aromatic carbocycles. The zero-order valence-electron chi connectivity index (χ0n) is 23.9. The summed E-state index contributed by atoms with van der Waals surface area (Å²) in [5.41, 5.74) is 0.989. The van der Waals surface area contributed by atoms with Gasteiger partial charge in [-0.3, -0.25) is 9.59 Å². The van der Waals surface area contributed by atoms with Gasteiger partial charge in [-0.05, 0) is 56.9 Å². The maximum atomic E-state index is 13.3. The van der Waals surface area contributed by atoms with E-state index in [4.69, 9.17) is 14.2 Å². The lowest BCUT2D eigenvalue weighted by Gasteiger charge is -2.26. The van der Waals surface area contributed by atoms with E-state index in [0.29, 0.717) is 18.6 Å². The van der Waals surface area contributed by atoms with Crippen LogP contribution in [-0.2, 0) is 36.9 Å². The van der Waals surface area contributed by atoms with E-state index in [1.807, 2.05) is 42.5 Å². The van der Waals surface area contributed by atoms with E-state index in [0.717, 1.165) is 22.9 Å². The van der Waals surface area contributed by atoms with Crippen molar-refractivity contribution in [3.63, 3.8) is 0 Å². The molecule has 40 heavy (non-hydrogen) atoms. The van der Waals surface area contributed by atoms with Crippen LogP contribution in [0.15, 0.2) is 54.6 Å². The van der Waals surface area contributed by atoms with Crippen LogP contribution in [0.3, 0.4) is 0 Å². The Morgan fingerprint density at radius 3 is 2.23 bits per heavy atom. The molecule has 1 unspecified atom stereocenters. The van der Waals surface area contributed by atoms with Gasteiger partial charge in [0.2, 0.25) is 5.91 Å². The summed E-state index contributed by atoms with van der Waals surface area (Å²) in [5, 5.41) is 5.43. The Labute approximate surface area is 240 Å². The predicted octanol–water partition coefficient (Wildman–Crippen LogP) is 4.67. The maximum absolute atomic E-state index is 13.3. The molecule has 0 heterocycles. The Bertz CT molecular complexity index is 1100. The van der Waals surface area contributed by atoms with Gasteiger partial charge in [-0.25, -0.2) is 9.59 Å². The molecule has 10 heteroatoms. The molecule has 2 amide bonds. The molecule has 9 nitrogen and oxygen atoms in total. The molecule has 2 atom stereocenters. The minimum absolute atomic E-state index is 0.106. The zero-order valence-corrected chi connectivity index (χ0v) is 24.7. The lowest BCUT2D eigenvalue weighted by molar-refractivity contribution is -0.158. The number of methoxy groups -OCH3 is 1. The van der Waals surface area contributed by atoms with Crippen molar-refractivity contribution in [3.05, 3.63) is 65.7 Å². The fraction of sp³-hybridized carbons (Fsp3) is 0.467. The smallest absolute Gasteiger partial charge is 0.407 e. The number of carbonyl (C=O) groups excluding carboxylic acids is 4. The number of carbonyl (C=O) groups is 4. The summed E-state index contributed by atoms with van der Waals surface area (Å²) in [6.07, 6.45) is 0.583. The lowest BCUT2D eigenvalue weighted by Crippen LogP contribution is -2.48. The van der Waals surface area contributed by atoms with E-state index in [9.17, 15) is 19.2 Å². The van der Waals surface area contributed by atoms with E-state index in [-0.39, 0.29) is 36.3 Å². The molecule has 0 aliphatic carbocycles. The lowest BCUT2D eigenvalue weighted by atomic mass is 10.0. The van der Waals surface area contributed by atoms with Gasteiger partial charge in [0.1, 0.15) is 24.0 Å². The monoisotopic (exact) mass is 572 g/mol. The van der Waals surface area contributed by atoms with Crippen molar-refractivity contribution < 1.29 is 33.4 Å². The molecule has 2 aromatic rings. The van der Waals surface area contributed by atoms with Crippen LogP contribution in [0.2, 0.25) is 0 Å². The van der Waals surface area contributed by atoms with Crippen molar-refractivity contribution in [3.8, 4) is 5.75 Å². The number of hydrogen-bond donors (Lipinski definition) is 2. The largest absolute Gasteiger partial charge is 0.497 e. The molecule has 0 saturated carbocycles. The molecule has 2 N–H and O–H groups in total. The topological polar surface area (TPSA) is 120 Å². The minimum atomic E-state index is -0.884. The van der Waals surface area contributed by atoms with Gasteiger partial charge in [0.25, 0.3) is 0 Å². The van der Waals surface area contributed by atoms with Crippen LogP contribution in [0.25, 0.3) is 0 Å². The number of amides is 2. The first-order valence-electron chi connectivity index (χ1n) is 13.2. The first-order valence-corrected chi connectivity index (χ1v) is 14.2. The van der Waals surface area contributed by atoms with Crippen molar-refractivity contribution in [2.45, 2.75) is 65.2 Å². The molecule has 0 radical (unpaired) electrons. The van der Waals surface area contributed by atoms with Crippen LogP contribution in [0, 0.1) is 5.92 Å². The third-order valence-corrected chi connectivity index (χ3v) is 6.65. The highest BCUT2D eigenvalue weighted by atomic mass is 32.2. The normalized spacial score (nSPS) is 12.5. The van der Waals surface area contributed by atoms with Crippen molar-refractivity contribution in [2.24, 2.45) is 5.92 Å². The Balaban J connectivity index is 1.93. The van der Waals surface area contributed by atoms with Gasteiger partial charge in [0.15, 0.2) is 5.12 Å². The van der Waals surface area contributed by atoms with Crippen LogP contribution in [0.4, 0.5) is 4.79 Å². The van der Waals surface area contributed by atoms with E-state index in [1.54, 1.807) is 40.0 Å². The number of benzene rings is 2. The van der Waals surface area contributed by atoms with Gasteiger partial charge in [-0.2, -0.15) is 0 Å². The molecule has 0 spiro atoms. The molecule has 0 saturated heterocycles. The van der Waals surface area contributed by atoms with Crippen molar-refractivity contribution in [1.82, 2.24) is 10.6 Å². The molecule has 0 aliphatic heterocycles. The van der Waals surface area contributed by atoms with E-state index in [2.05, 4.69) is 10.6 Å². The van der Waals surface area contributed by atoms with Crippen LogP contribution in [0.1, 0.15) is 51.7 Å². The standard InChI is InChI=1S/C30H40N2O7S/c1-21(33)40-20-24(12-9-17-31-29(36)38-19-23-13-15-25(37-5)16-14-23)27(34)32-26(28(35)39-30(2,3)4)18-22-10-7-6-8-11-22/h6-8,10-11,13-16,24,26H,9,12,17-20H2,1-5H3,(H,31,36)(H,32,34)/t24?,26-/m0/s1.